The highest BCUT2D eigenvalue weighted by Crippen LogP contribution is 2.21. The fraction of sp³-hybridized carbons (Fsp3) is 0.286. The molecule has 0 bridgehead atoms. The first-order valence-corrected chi connectivity index (χ1v) is 6.84. The number of hydrogen-bond acceptors (Lipinski definition) is 4. The van der Waals surface area contributed by atoms with E-state index in [9.17, 15) is 22.8 Å². The van der Waals surface area contributed by atoms with E-state index in [0.29, 0.717) is 11.3 Å². The second-order valence-electron chi connectivity index (χ2n) is 5.09. The van der Waals surface area contributed by atoms with Crippen LogP contribution in [0.25, 0.3) is 5.69 Å². The summed E-state index contributed by atoms with van der Waals surface area (Å²) >= 11 is 0. The van der Waals surface area contributed by atoms with Gasteiger partial charge in [0.05, 0.1) is 17.9 Å². The molecule has 0 radical (unpaired) electrons. The molecule has 128 valence electrons. The molecule has 7 nitrogen and oxygen atoms in total. The molecule has 0 spiro atoms. The van der Waals surface area contributed by atoms with Gasteiger partial charge < -0.3 is 11.1 Å². The van der Waals surface area contributed by atoms with E-state index in [1.165, 1.54) is 10.9 Å². The van der Waals surface area contributed by atoms with E-state index in [-0.39, 0.29) is 5.69 Å². The van der Waals surface area contributed by atoms with Gasteiger partial charge in [0.1, 0.15) is 6.42 Å². The van der Waals surface area contributed by atoms with Crippen molar-refractivity contribution in [1.29, 1.82) is 0 Å². The third-order valence-electron chi connectivity index (χ3n) is 3.14. The van der Waals surface area contributed by atoms with Crippen LogP contribution in [-0.2, 0) is 4.79 Å². The molecule has 2 aromatic rings. The number of nitrogens with one attached hydrogen (secondary N) is 1. The van der Waals surface area contributed by atoms with E-state index < -0.39 is 30.5 Å². The summed E-state index contributed by atoms with van der Waals surface area (Å²) in [7, 11) is 0. The Labute approximate surface area is 134 Å². The highest BCUT2D eigenvalue weighted by atomic mass is 19.4. The Bertz CT molecular complexity index is 740. The van der Waals surface area contributed by atoms with Gasteiger partial charge in [-0.25, -0.2) is 4.68 Å². The minimum Gasteiger partial charge on any atom is -0.364 e. The van der Waals surface area contributed by atoms with Crippen molar-refractivity contribution in [3.8, 4) is 5.69 Å². The van der Waals surface area contributed by atoms with Gasteiger partial charge in [-0.05, 0) is 24.6 Å². The molecule has 0 unspecified atom stereocenters. The lowest BCUT2D eigenvalue weighted by Gasteiger charge is -2.15. The van der Waals surface area contributed by atoms with Crippen molar-refractivity contribution in [2.24, 2.45) is 5.73 Å². The van der Waals surface area contributed by atoms with E-state index in [2.05, 4.69) is 15.6 Å². The Hall–Kier alpha value is -2.91. The summed E-state index contributed by atoms with van der Waals surface area (Å²) in [5, 5.41) is 9.62. The molecular formula is C14H14F3N5O2. The maximum atomic E-state index is 12.1. The van der Waals surface area contributed by atoms with Crippen LogP contribution in [0, 0.1) is 0 Å². The zero-order chi connectivity index (χ0) is 17.9. The molecule has 3 N–H and O–H groups in total. The summed E-state index contributed by atoms with van der Waals surface area (Å²) in [6.07, 6.45) is -4.71. The number of halogens is 3. The number of nitrogens with two attached hydrogens (primary N) is 1. The van der Waals surface area contributed by atoms with E-state index in [0.717, 1.165) is 0 Å². The lowest BCUT2D eigenvalue weighted by molar-refractivity contribution is -0.154. The van der Waals surface area contributed by atoms with E-state index in [4.69, 9.17) is 5.73 Å². The van der Waals surface area contributed by atoms with Gasteiger partial charge >= 0.3 is 6.18 Å². The lowest BCUT2D eigenvalue weighted by atomic mass is 10.1. The van der Waals surface area contributed by atoms with Crippen LogP contribution in [0.4, 0.5) is 13.2 Å². The Morgan fingerprint density at radius 1 is 1.29 bits per heavy atom. The predicted octanol–water partition coefficient (Wildman–Crippen LogP) is 1.50. The number of carbonyl (C=O) groups excluding carboxylic acids is 2. The summed E-state index contributed by atoms with van der Waals surface area (Å²) in [5.41, 5.74) is 6.28. The summed E-state index contributed by atoms with van der Waals surface area (Å²) in [6.45, 7) is 1.57. The topological polar surface area (TPSA) is 103 Å². The molecule has 1 aromatic heterocycles. The zero-order valence-electron chi connectivity index (χ0n) is 12.5. The second kappa shape index (κ2) is 6.69. The summed E-state index contributed by atoms with van der Waals surface area (Å²) in [4.78, 5) is 22.3. The average molecular weight is 341 g/mol. The van der Waals surface area contributed by atoms with Gasteiger partial charge in [-0.1, -0.05) is 17.3 Å². The normalized spacial score (nSPS) is 12.7. The number of carbonyl (C=O) groups is 2. The number of aromatic nitrogens is 3. The molecule has 1 aromatic carbocycles. The van der Waals surface area contributed by atoms with E-state index in [1.807, 2.05) is 0 Å². The minimum absolute atomic E-state index is 0.00635. The number of alkyl halides is 3. The van der Waals surface area contributed by atoms with Gasteiger partial charge in [0.15, 0.2) is 5.69 Å². The predicted molar refractivity (Wildman–Crippen MR) is 77.1 cm³/mol. The number of amides is 2. The molecule has 0 fully saturated rings. The summed E-state index contributed by atoms with van der Waals surface area (Å²) in [6, 6.07) is 5.91. The number of primary amides is 1. The Balaban J connectivity index is 2.05. The molecule has 24 heavy (non-hydrogen) atoms. The molecule has 2 amide bonds. The molecule has 0 saturated heterocycles. The van der Waals surface area contributed by atoms with Crippen LogP contribution in [0.3, 0.4) is 0 Å². The first kappa shape index (κ1) is 17.4. The fourth-order valence-corrected chi connectivity index (χ4v) is 1.98. The second-order valence-corrected chi connectivity index (χ2v) is 5.09. The number of benzene rings is 1. The van der Waals surface area contributed by atoms with Crippen LogP contribution in [0.15, 0.2) is 30.5 Å². The van der Waals surface area contributed by atoms with Crippen molar-refractivity contribution in [2.75, 3.05) is 0 Å². The largest absolute Gasteiger partial charge is 0.397 e. The van der Waals surface area contributed by atoms with Crippen LogP contribution in [-0.4, -0.2) is 33.0 Å². The number of rotatable bonds is 5. The van der Waals surface area contributed by atoms with E-state index in [1.54, 1.807) is 31.2 Å². The van der Waals surface area contributed by atoms with Gasteiger partial charge in [-0.2, -0.15) is 13.2 Å². The molecule has 0 aliphatic rings. The summed E-state index contributed by atoms with van der Waals surface area (Å²) < 4.78 is 37.8. The van der Waals surface area contributed by atoms with Crippen LogP contribution >= 0.6 is 0 Å². The third kappa shape index (κ3) is 4.54. The first-order valence-electron chi connectivity index (χ1n) is 6.84. The van der Waals surface area contributed by atoms with Crippen LogP contribution in [0.2, 0.25) is 0 Å². The Morgan fingerprint density at radius 3 is 2.42 bits per heavy atom. The van der Waals surface area contributed by atoms with Crippen LogP contribution in [0.5, 0.6) is 0 Å². The van der Waals surface area contributed by atoms with Crippen LogP contribution < -0.4 is 11.1 Å². The van der Waals surface area contributed by atoms with Gasteiger partial charge in [0.25, 0.3) is 5.91 Å². The smallest absolute Gasteiger partial charge is 0.364 e. The number of hydrogen-bond donors (Lipinski definition) is 2. The minimum atomic E-state index is -4.54. The average Bonchev–Trinajstić information content (AvgIpc) is 2.95. The molecular weight excluding hydrogens is 327 g/mol. The third-order valence-corrected chi connectivity index (χ3v) is 3.14. The molecule has 0 saturated carbocycles. The van der Waals surface area contributed by atoms with Gasteiger partial charge in [0, 0.05) is 0 Å². The van der Waals surface area contributed by atoms with Crippen molar-refractivity contribution < 1.29 is 22.8 Å². The molecule has 1 atom stereocenters. The van der Waals surface area contributed by atoms with Crippen molar-refractivity contribution >= 4 is 11.8 Å². The molecule has 0 aliphatic heterocycles. The van der Waals surface area contributed by atoms with Gasteiger partial charge in [-0.15, -0.1) is 5.10 Å². The molecule has 0 aliphatic carbocycles. The first-order chi connectivity index (χ1) is 11.2. The lowest BCUT2D eigenvalue weighted by Crippen LogP contribution is -2.30. The molecule has 2 rings (SSSR count). The van der Waals surface area contributed by atoms with E-state index >= 15 is 0 Å². The molecule has 1 heterocycles. The maximum absolute atomic E-state index is 12.1. The Morgan fingerprint density at radius 2 is 1.92 bits per heavy atom. The highest BCUT2D eigenvalue weighted by molar-refractivity contribution is 5.90. The zero-order valence-corrected chi connectivity index (χ0v) is 12.5. The Kier molecular flexibility index (Phi) is 4.86. The quantitative estimate of drug-likeness (QED) is 0.860. The monoisotopic (exact) mass is 341 g/mol. The van der Waals surface area contributed by atoms with Crippen molar-refractivity contribution in [1.82, 2.24) is 20.3 Å². The highest BCUT2D eigenvalue weighted by Gasteiger charge is 2.31. The maximum Gasteiger partial charge on any atom is 0.397 e. The van der Waals surface area contributed by atoms with Crippen molar-refractivity contribution in [3.05, 3.63) is 41.7 Å². The standard InChI is InChI=1S/C14H14F3N5O2/c1-8(19-12(23)6-14(15,16)17)9-2-4-10(5-3-9)22-7-11(13(18)24)20-21-22/h2-5,7-8H,6H2,1H3,(H2,18,24)(H,19,23)/t8-/m1/s1. The molecule has 10 heteroatoms. The fourth-order valence-electron chi connectivity index (χ4n) is 1.98. The number of nitrogens with zero attached hydrogens (tertiary/aromatic N) is 3. The van der Waals surface area contributed by atoms with Crippen molar-refractivity contribution in [3.63, 3.8) is 0 Å². The summed E-state index contributed by atoms with van der Waals surface area (Å²) in [5.74, 6) is -1.81. The van der Waals surface area contributed by atoms with Gasteiger partial charge in [-0.3, -0.25) is 9.59 Å². The van der Waals surface area contributed by atoms with Crippen LogP contribution in [0.1, 0.15) is 35.4 Å². The van der Waals surface area contributed by atoms with Gasteiger partial charge in [0.2, 0.25) is 5.91 Å². The SMILES string of the molecule is C[C@@H](NC(=O)CC(F)(F)F)c1ccc(-n2cc(C(N)=O)nn2)cc1. The van der Waals surface area contributed by atoms with Crippen molar-refractivity contribution in [2.45, 2.75) is 25.6 Å².